The van der Waals surface area contributed by atoms with Gasteiger partial charge < -0.3 is 38.4 Å². The quantitative estimate of drug-likeness (QED) is 0.0609. The summed E-state index contributed by atoms with van der Waals surface area (Å²) >= 11 is 0. The number of nitrogens with one attached hydrogen (secondary N) is 1. The van der Waals surface area contributed by atoms with Gasteiger partial charge in [0.15, 0.2) is 11.9 Å². The van der Waals surface area contributed by atoms with Gasteiger partial charge in [0, 0.05) is 53.0 Å². The molecule has 0 spiro atoms. The van der Waals surface area contributed by atoms with Crippen LogP contribution < -0.4 is 5.32 Å². The summed E-state index contributed by atoms with van der Waals surface area (Å²) < 4.78 is 36.8. The molecule has 51 heavy (non-hydrogen) atoms. The molecule has 16 nitrogen and oxygen atoms in total. The molecule has 1 N–H and O–H groups in total. The number of esters is 1. The van der Waals surface area contributed by atoms with Crippen LogP contribution >= 0.6 is 9.47 Å². The molecule has 0 saturated carbocycles. The zero-order chi connectivity index (χ0) is 38.3. The molecule has 3 unspecified atom stereocenters. The van der Waals surface area contributed by atoms with E-state index in [1.54, 1.807) is 34.6 Å². The molecule has 13 atom stereocenters. The van der Waals surface area contributed by atoms with Crippen LogP contribution in [0.2, 0.25) is 0 Å². The van der Waals surface area contributed by atoms with Gasteiger partial charge in [0.2, 0.25) is 5.91 Å². The number of rotatable bonds is 11. The molecule has 3 saturated heterocycles. The Labute approximate surface area is 304 Å². The third-order valence-electron chi connectivity index (χ3n) is 10.8. The highest BCUT2D eigenvalue weighted by molar-refractivity contribution is 7.09. The third kappa shape index (κ3) is 9.90. The lowest BCUT2D eigenvalue weighted by atomic mass is 9.83. The molecule has 0 radical (unpaired) electrons. The number of nitrogens with zero attached hydrogens (tertiary/aromatic N) is 5. The molecular formula is C34H59N6O10P. The van der Waals surface area contributed by atoms with Crippen molar-refractivity contribution in [3.05, 3.63) is 10.4 Å². The van der Waals surface area contributed by atoms with Gasteiger partial charge in [0.05, 0.1) is 29.9 Å². The summed E-state index contributed by atoms with van der Waals surface area (Å²) in [4.78, 5) is 61.4. The van der Waals surface area contributed by atoms with Crippen LogP contribution in [0.1, 0.15) is 87.0 Å². The topological polar surface area (TPSA) is 191 Å². The van der Waals surface area contributed by atoms with Crippen LogP contribution in [0.25, 0.3) is 10.4 Å². The highest BCUT2D eigenvalue weighted by Crippen LogP contribution is 2.39. The van der Waals surface area contributed by atoms with Crippen molar-refractivity contribution in [1.29, 1.82) is 0 Å². The van der Waals surface area contributed by atoms with Crippen molar-refractivity contribution < 1.29 is 47.4 Å². The first-order valence-corrected chi connectivity index (χ1v) is 18.4. The second kappa shape index (κ2) is 18.4. The predicted molar refractivity (Wildman–Crippen MR) is 190 cm³/mol. The van der Waals surface area contributed by atoms with Gasteiger partial charge in [0.1, 0.15) is 23.9 Å². The molecule has 2 amide bonds. The number of likely N-dealkylation sites (N-methyl/N-ethyl adjacent to an activating group) is 1. The second-order valence-corrected chi connectivity index (χ2v) is 15.1. The Morgan fingerprint density at radius 1 is 1.14 bits per heavy atom. The molecule has 0 aromatic carbocycles. The molecular weight excluding hydrogens is 683 g/mol. The lowest BCUT2D eigenvalue weighted by Gasteiger charge is -2.46. The van der Waals surface area contributed by atoms with Crippen LogP contribution in [-0.4, -0.2) is 128 Å². The zero-order valence-electron chi connectivity index (χ0n) is 31.8. The monoisotopic (exact) mass is 742 g/mol. The molecule has 3 fully saturated rings. The van der Waals surface area contributed by atoms with E-state index in [4.69, 9.17) is 33.7 Å². The van der Waals surface area contributed by atoms with E-state index in [1.807, 2.05) is 25.9 Å². The Balaban J connectivity index is 2.04. The largest absolute Gasteiger partial charge is 0.458 e. The SMILES string of the molecule is CC[C@H]1OC(=O)[C@H](C)C(=O)C[C@@H](O[C@@H]2O[C@H](C)CC(N(C)C)C2OP)[C@](C)(OC)C[C@@H](C)C(=O)N[C@H](C)[C@H]2N(CCCCN=[N+]=[N-])C(=O)O[C@]12C. The molecule has 0 aliphatic carbocycles. The van der Waals surface area contributed by atoms with Crippen molar-refractivity contribution >= 4 is 33.2 Å². The molecule has 3 heterocycles. The molecule has 3 aliphatic heterocycles. The summed E-state index contributed by atoms with van der Waals surface area (Å²) in [5.74, 6) is -3.37. The number of hydrogen-bond donors (Lipinski definition) is 1. The Morgan fingerprint density at radius 2 is 1.82 bits per heavy atom. The van der Waals surface area contributed by atoms with Gasteiger partial charge in [-0.25, -0.2) is 4.79 Å². The van der Waals surface area contributed by atoms with Crippen molar-refractivity contribution in [3.63, 3.8) is 0 Å². The summed E-state index contributed by atoms with van der Waals surface area (Å²) in [6.07, 6.45) is -2.23. The number of fused-ring (bicyclic) bond motifs is 1. The van der Waals surface area contributed by atoms with Gasteiger partial charge in [0.25, 0.3) is 0 Å². The highest BCUT2D eigenvalue weighted by Gasteiger charge is 2.59. The number of ketones is 1. The average molecular weight is 743 g/mol. The van der Waals surface area contributed by atoms with E-state index in [-0.39, 0.29) is 50.4 Å². The summed E-state index contributed by atoms with van der Waals surface area (Å²) in [6.45, 7) is 12.8. The van der Waals surface area contributed by atoms with E-state index in [0.29, 0.717) is 19.3 Å². The normalized spacial score (nSPS) is 38.5. The van der Waals surface area contributed by atoms with E-state index < -0.39 is 77.6 Å². The van der Waals surface area contributed by atoms with Crippen LogP contribution in [0.5, 0.6) is 0 Å². The number of Topliss-reactive ketones (excluding diaryl/α,β-unsaturated/α-hetero) is 1. The van der Waals surface area contributed by atoms with E-state index in [9.17, 15) is 19.2 Å². The first kappa shape index (κ1) is 42.8. The summed E-state index contributed by atoms with van der Waals surface area (Å²) in [5, 5.41) is 6.66. The van der Waals surface area contributed by atoms with E-state index in [0.717, 1.165) is 0 Å². The maximum atomic E-state index is 14.0. The number of hydrogen-bond acceptors (Lipinski definition) is 12. The fourth-order valence-corrected chi connectivity index (χ4v) is 7.99. The number of carbonyl (C=O) groups excluding carboxylic acids is 4. The number of unbranched alkanes of at least 4 members (excludes halogenated alkanes) is 1. The number of amides is 2. The first-order chi connectivity index (χ1) is 24.0. The summed E-state index contributed by atoms with van der Waals surface area (Å²) in [6, 6.07) is -1.45. The van der Waals surface area contributed by atoms with Crippen molar-refractivity contribution in [2.24, 2.45) is 17.0 Å². The van der Waals surface area contributed by atoms with Gasteiger partial charge in [-0.1, -0.05) is 19.0 Å². The fourth-order valence-electron chi connectivity index (χ4n) is 7.68. The number of azide groups is 1. The second-order valence-electron chi connectivity index (χ2n) is 14.8. The molecule has 3 aliphatic rings. The standard InChI is InChI=1S/C34H59N6O10P/c1-11-25-34(7)28(40(32(44)49-34)15-13-12-14-36-38-35)22(5)37-29(42)19(2)18-33(6,45-10)26(17-24(41)21(4)30(43)47-25)48-31-27(50-51)23(39(8)9)16-20(3)46-31/h19-23,25-28,31H,11-18,51H2,1-10H3,(H,37,42)/t19-,20-,21-,22-,23?,25-,26-,27?,28-,31+,33-,34-/m1/s1. The number of ether oxygens (including phenoxy) is 5. The molecule has 0 bridgehead atoms. The van der Waals surface area contributed by atoms with Crippen molar-refractivity contribution in [1.82, 2.24) is 15.1 Å². The minimum atomic E-state index is -1.37. The lowest BCUT2D eigenvalue weighted by Crippen LogP contribution is -2.61. The van der Waals surface area contributed by atoms with Crippen molar-refractivity contribution in [2.75, 3.05) is 34.3 Å². The number of carbonyl (C=O) groups is 4. The minimum absolute atomic E-state index is 0.0605. The van der Waals surface area contributed by atoms with E-state index >= 15 is 0 Å². The fraction of sp³-hybridized carbons (Fsp3) is 0.882. The minimum Gasteiger partial charge on any atom is -0.458 e. The van der Waals surface area contributed by atoms with Gasteiger partial charge in [-0.15, -0.1) is 0 Å². The van der Waals surface area contributed by atoms with Crippen LogP contribution in [0.3, 0.4) is 0 Å². The van der Waals surface area contributed by atoms with Crippen LogP contribution in [0.15, 0.2) is 5.11 Å². The highest BCUT2D eigenvalue weighted by atomic mass is 31.0. The smallest absolute Gasteiger partial charge is 0.410 e. The molecule has 290 valence electrons. The van der Waals surface area contributed by atoms with Gasteiger partial charge in [-0.2, -0.15) is 0 Å². The summed E-state index contributed by atoms with van der Waals surface area (Å²) in [7, 11) is 7.67. The van der Waals surface area contributed by atoms with E-state index in [2.05, 4.69) is 24.8 Å². The average Bonchev–Trinajstić information content (AvgIpc) is 3.34. The maximum Gasteiger partial charge on any atom is 0.410 e. The number of methoxy groups -OCH3 is 1. The maximum absolute atomic E-state index is 14.0. The summed E-state index contributed by atoms with van der Waals surface area (Å²) in [5.41, 5.74) is 6.07. The number of cyclic esters (lactones) is 1. The third-order valence-corrected chi connectivity index (χ3v) is 11.1. The molecule has 17 heteroatoms. The van der Waals surface area contributed by atoms with Crippen molar-refractivity contribution in [3.8, 4) is 0 Å². The van der Waals surface area contributed by atoms with Crippen LogP contribution in [0, 0.1) is 11.8 Å². The Morgan fingerprint density at radius 3 is 2.41 bits per heavy atom. The van der Waals surface area contributed by atoms with Crippen molar-refractivity contribution in [2.45, 2.75) is 147 Å². The Bertz CT molecular complexity index is 1290. The predicted octanol–water partition coefficient (Wildman–Crippen LogP) is 4.15. The van der Waals surface area contributed by atoms with E-state index in [1.165, 1.54) is 18.9 Å². The zero-order valence-corrected chi connectivity index (χ0v) is 33.0. The van der Waals surface area contributed by atoms with Gasteiger partial charge >= 0.3 is 12.1 Å². The Kier molecular flexibility index (Phi) is 15.5. The van der Waals surface area contributed by atoms with Gasteiger partial charge in [-0.3, -0.25) is 19.3 Å². The Hall–Kier alpha value is -2.58. The van der Waals surface area contributed by atoms with Crippen LogP contribution in [0.4, 0.5) is 4.79 Å². The molecule has 3 rings (SSSR count). The van der Waals surface area contributed by atoms with Crippen LogP contribution in [-0.2, 0) is 42.6 Å². The first-order valence-electron chi connectivity index (χ1n) is 17.9. The molecule has 0 aromatic heterocycles. The van der Waals surface area contributed by atoms with Gasteiger partial charge in [-0.05, 0) is 86.3 Å². The lowest BCUT2D eigenvalue weighted by molar-refractivity contribution is -0.283. The molecule has 0 aromatic rings.